The van der Waals surface area contributed by atoms with Gasteiger partial charge in [0.2, 0.25) is 0 Å². The van der Waals surface area contributed by atoms with Crippen molar-refractivity contribution in [1.29, 1.82) is 0 Å². The fraction of sp³-hybridized carbons (Fsp3) is 1.00. The summed E-state index contributed by atoms with van der Waals surface area (Å²) in [5, 5.41) is 9.64. The van der Waals surface area contributed by atoms with Crippen LogP contribution in [0.25, 0.3) is 0 Å². The Morgan fingerprint density at radius 1 is 1.27 bits per heavy atom. The number of hydrogen-bond donors (Lipinski definition) is 1. The molecule has 0 atom stereocenters. The van der Waals surface area contributed by atoms with Crippen LogP contribution >= 0.6 is 0 Å². The van der Waals surface area contributed by atoms with Gasteiger partial charge in [-0.15, -0.1) is 0 Å². The van der Waals surface area contributed by atoms with Crippen LogP contribution in [-0.4, -0.2) is 26.6 Å². The molecular weight excluding hydrogens is 204 g/mol. The molecule has 0 unspecified atom stereocenters. The van der Waals surface area contributed by atoms with Gasteiger partial charge >= 0.3 is 0 Å². The number of aliphatic hydroxyl groups excluding tert-OH is 1. The smallest absolute Gasteiger partial charge is 0.192 e. The molecule has 0 amide bonds. The Bertz CT molecular complexity index is 209. The predicted molar refractivity (Wildman–Crippen MR) is 66.5 cm³/mol. The lowest BCUT2D eigenvalue weighted by Crippen LogP contribution is -2.47. The number of rotatable bonds is 4. The van der Waals surface area contributed by atoms with Crippen LogP contribution in [-0.2, 0) is 4.43 Å². The molecule has 3 heteroatoms. The highest BCUT2D eigenvalue weighted by Crippen LogP contribution is 2.43. The molecule has 0 bridgehead atoms. The van der Waals surface area contributed by atoms with Crippen LogP contribution < -0.4 is 0 Å². The zero-order valence-electron chi connectivity index (χ0n) is 10.9. The predicted octanol–water partition coefficient (Wildman–Crippen LogP) is 3.17. The van der Waals surface area contributed by atoms with Crippen LogP contribution in [0.3, 0.4) is 0 Å². The van der Waals surface area contributed by atoms with E-state index in [1.165, 1.54) is 6.42 Å². The van der Waals surface area contributed by atoms with Gasteiger partial charge in [0.05, 0.1) is 6.61 Å². The molecule has 0 aromatic carbocycles. The molecule has 2 nitrogen and oxygen atoms in total. The molecule has 1 rings (SSSR count). The summed E-state index contributed by atoms with van der Waals surface area (Å²) in [6.07, 6.45) is 3.53. The Hall–Kier alpha value is 0.137. The standard InChI is InChI=1S/C12H26O2Si/c1-11(2,3)15(4,5)14-10-12(9-13)7-6-8-12/h13H,6-10H2,1-5H3. The third-order valence-electron chi connectivity index (χ3n) is 4.30. The lowest BCUT2D eigenvalue weighted by atomic mass is 9.70. The second-order valence-electron chi connectivity index (χ2n) is 6.56. The first kappa shape index (κ1) is 13.2. The lowest BCUT2D eigenvalue weighted by Gasteiger charge is -2.44. The molecule has 0 heterocycles. The van der Waals surface area contributed by atoms with E-state index in [0.717, 1.165) is 19.4 Å². The van der Waals surface area contributed by atoms with Gasteiger partial charge in [0.25, 0.3) is 0 Å². The van der Waals surface area contributed by atoms with Crippen molar-refractivity contribution in [1.82, 2.24) is 0 Å². The van der Waals surface area contributed by atoms with E-state index in [9.17, 15) is 5.11 Å². The van der Waals surface area contributed by atoms with E-state index in [0.29, 0.717) is 6.61 Å². The molecule has 1 saturated carbocycles. The van der Waals surface area contributed by atoms with Gasteiger partial charge in [-0.25, -0.2) is 0 Å². The molecule has 1 fully saturated rings. The minimum atomic E-state index is -1.62. The van der Waals surface area contributed by atoms with Crippen molar-refractivity contribution in [3.63, 3.8) is 0 Å². The zero-order chi connectivity index (χ0) is 11.7. The largest absolute Gasteiger partial charge is 0.416 e. The van der Waals surface area contributed by atoms with E-state index in [1.54, 1.807) is 0 Å². The lowest BCUT2D eigenvalue weighted by molar-refractivity contribution is -0.00448. The Kier molecular flexibility index (Phi) is 3.69. The summed E-state index contributed by atoms with van der Waals surface area (Å²) in [5.74, 6) is 0. The van der Waals surface area contributed by atoms with Crippen LogP contribution in [0.4, 0.5) is 0 Å². The highest BCUT2D eigenvalue weighted by molar-refractivity contribution is 6.74. The summed E-state index contributed by atoms with van der Waals surface area (Å²) < 4.78 is 6.17. The van der Waals surface area contributed by atoms with Crippen LogP contribution in [0.1, 0.15) is 40.0 Å². The summed E-state index contributed by atoms with van der Waals surface area (Å²) in [5.41, 5.74) is 0.107. The average Bonchev–Trinajstić information content (AvgIpc) is 2.00. The molecule has 15 heavy (non-hydrogen) atoms. The maximum absolute atomic E-state index is 9.37. The maximum Gasteiger partial charge on any atom is 0.192 e. The second-order valence-corrected chi connectivity index (χ2v) is 11.4. The Balaban J connectivity index is 2.49. The Morgan fingerprint density at radius 2 is 1.80 bits per heavy atom. The van der Waals surface area contributed by atoms with E-state index in [4.69, 9.17) is 4.43 Å². The van der Waals surface area contributed by atoms with Gasteiger partial charge in [-0.05, 0) is 31.0 Å². The van der Waals surface area contributed by atoms with E-state index in [-0.39, 0.29) is 10.5 Å². The van der Waals surface area contributed by atoms with Crippen LogP contribution in [0.15, 0.2) is 0 Å². The van der Waals surface area contributed by atoms with Gasteiger partial charge in [0.1, 0.15) is 0 Å². The fourth-order valence-electron chi connectivity index (χ4n) is 1.57. The highest BCUT2D eigenvalue weighted by Gasteiger charge is 2.42. The first-order valence-corrected chi connectivity index (χ1v) is 8.88. The van der Waals surface area contributed by atoms with Gasteiger partial charge in [-0.2, -0.15) is 0 Å². The summed E-state index contributed by atoms with van der Waals surface area (Å²) in [6, 6.07) is 0. The molecule has 0 aromatic rings. The van der Waals surface area contributed by atoms with Crippen LogP contribution in [0.2, 0.25) is 18.1 Å². The van der Waals surface area contributed by atoms with Crippen molar-refractivity contribution in [2.75, 3.05) is 13.2 Å². The van der Waals surface area contributed by atoms with E-state index < -0.39 is 8.32 Å². The van der Waals surface area contributed by atoms with Gasteiger partial charge < -0.3 is 9.53 Å². The van der Waals surface area contributed by atoms with E-state index >= 15 is 0 Å². The quantitative estimate of drug-likeness (QED) is 0.752. The molecule has 1 aliphatic rings. The van der Waals surface area contributed by atoms with Crippen molar-refractivity contribution < 1.29 is 9.53 Å². The SMILES string of the molecule is CC(C)(C)[Si](C)(C)OCC1(CO)CCC1. The average molecular weight is 230 g/mol. The Morgan fingerprint density at radius 3 is 2.07 bits per heavy atom. The summed E-state index contributed by atoms with van der Waals surface area (Å²) in [4.78, 5) is 0. The summed E-state index contributed by atoms with van der Waals surface area (Å²) in [7, 11) is -1.62. The fourth-order valence-corrected chi connectivity index (χ4v) is 2.67. The molecule has 90 valence electrons. The maximum atomic E-state index is 9.37. The summed E-state index contributed by atoms with van der Waals surface area (Å²) in [6.45, 7) is 12.4. The molecular formula is C12H26O2Si. The molecule has 0 saturated heterocycles. The molecule has 0 aromatic heterocycles. The first-order valence-electron chi connectivity index (χ1n) is 5.97. The highest BCUT2D eigenvalue weighted by atomic mass is 28.4. The van der Waals surface area contributed by atoms with Gasteiger partial charge in [0, 0.05) is 12.0 Å². The van der Waals surface area contributed by atoms with Gasteiger partial charge in [-0.1, -0.05) is 27.2 Å². The third kappa shape index (κ3) is 2.83. The minimum Gasteiger partial charge on any atom is -0.416 e. The van der Waals surface area contributed by atoms with Crippen LogP contribution in [0, 0.1) is 5.41 Å². The number of hydrogen-bond acceptors (Lipinski definition) is 2. The number of aliphatic hydroxyl groups is 1. The van der Waals surface area contributed by atoms with Crippen molar-refractivity contribution in [2.45, 2.75) is 58.2 Å². The topological polar surface area (TPSA) is 29.5 Å². The Labute approximate surface area is 95.2 Å². The van der Waals surface area contributed by atoms with Crippen molar-refractivity contribution in [3.8, 4) is 0 Å². The zero-order valence-corrected chi connectivity index (χ0v) is 11.9. The van der Waals surface area contributed by atoms with Crippen molar-refractivity contribution in [2.24, 2.45) is 5.41 Å². The van der Waals surface area contributed by atoms with Gasteiger partial charge in [-0.3, -0.25) is 0 Å². The first-order chi connectivity index (χ1) is 6.72. The normalized spacial score (nSPS) is 21.2. The monoisotopic (exact) mass is 230 g/mol. The second kappa shape index (κ2) is 4.19. The van der Waals surface area contributed by atoms with Crippen molar-refractivity contribution >= 4 is 8.32 Å². The molecule has 1 N–H and O–H groups in total. The molecule has 1 aliphatic carbocycles. The van der Waals surface area contributed by atoms with Crippen LogP contribution in [0.5, 0.6) is 0 Å². The molecule has 0 radical (unpaired) electrons. The van der Waals surface area contributed by atoms with E-state index in [2.05, 4.69) is 33.9 Å². The molecule has 0 aliphatic heterocycles. The van der Waals surface area contributed by atoms with Gasteiger partial charge in [0.15, 0.2) is 8.32 Å². The minimum absolute atomic E-state index is 0.107. The third-order valence-corrected chi connectivity index (χ3v) is 8.77. The molecule has 0 spiro atoms. The summed E-state index contributed by atoms with van der Waals surface area (Å²) >= 11 is 0. The van der Waals surface area contributed by atoms with E-state index in [1.807, 2.05) is 0 Å². The van der Waals surface area contributed by atoms with Crippen molar-refractivity contribution in [3.05, 3.63) is 0 Å².